The van der Waals surface area contributed by atoms with E-state index in [4.69, 9.17) is 4.74 Å². The summed E-state index contributed by atoms with van der Waals surface area (Å²) >= 11 is 0. The number of nitrogens with one attached hydrogen (secondary N) is 1. The molecular formula is C17H21N3O. The quantitative estimate of drug-likeness (QED) is 0.916. The highest BCUT2D eigenvalue weighted by molar-refractivity contribution is 5.37. The van der Waals surface area contributed by atoms with Crippen molar-refractivity contribution in [2.24, 2.45) is 0 Å². The van der Waals surface area contributed by atoms with Gasteiger partial charge in [0.25, 0.3) is 0 Å². The number of ether oxygens (including phenoxy) is 1. The van der Waals surface area contributed by atoms with Crippen molar-refractivity contribution in [3.8, 4) is 5.75 Å². The van der Waals surface area contributed by atoms with E-state index >= 15 is 0 Å². The van der Waals surface area contributed by atoms with Gasteiger partial charge in [0.1, 0.15) is 11.9 Å². The van der Waals surface area contributed by atoms with E-state index in [1.807, 2.05) is 10.7 Å². The van der Waals surface area contributed by atoms with Crippen molar-refractivity contribution in [2.45, 2.75) is 51.4 Å². The number of hydrogen-bond donors (Lipinski definition) is 1. The van der Waals surface area contributed by atoms with Gasteiger partial charge in [-0.3, -0.25) is 4.68 Å². The van der Waals surface area contributed by atoms with E-state index in [1.165, 1.54) is 24.0 Å². The first-order valence-electron chi connectivity index (χ1n) is 7.79. The maximum Gasteiger partial charge on any atom is 0.123 e. The first-order valence-corrected chi connectivity index (χ1v) is 7.79. The number of nitrogens with zero attached hydrogens (tertiary/aromatic N) is 2. The summed E-state index contributed by atoms with van der Waals surface area (Å²) in [4.78, 5) is 0. The van der Waals surface area contributed by atoms with E-state index in [2.05, 4.69) is 41.7 Å². The Kier molecular flexibility index (Phi) is 3.19. The molecular weight excluding hydrogens is 262 g/mol. The standard InChI is InChI=1S/C17H21N3O/c1-12-14(9-18-15-6-7-15)10-20(19-12)11-16-8-13-4-2-3-5-17(13)21-16/h2-5,10,15-16,18H,6-9,11H2,1H3. The number of aromatic nitrogens is 2. The molecule has 4 nitrogen and oxygen atoms in total. The largest absolute Gasteiger partial charge is 0.488 e. The minimum atomic E-state index is 0.200. The fourth-order valence-corrected chi connectivity index (χ4v) is 2.93. The van der Waals surface area contributed by atoms with Gasteiger partial charge in [0.2, 0.25) is 0 Å². The van der Waals surface area contributed by atoms with Gasteiger partial charge in [0, 0.05) is 30.8 Å². The Bertz CT molecular complexity index is 620. The maximum absolute atomic E-state index is 5.99. The third-order valence-electron chi connectivity index (χ3n) is 4.31. The molecule has 4 rings (SSSR count). The van der Waals surface area contributed by atoms with Crippen LogP contribution in [0.1, 0.15) is 29.7 Å². The van der Waals surface area contributed by atoms with Crippen LogP contribution in [0.4, 0.5) is 0 Å². The minimum absolute atomic E-state index is 0.200. The van der Waals surface area contributed by atoms with Gasteiger partial charge in [0.05, 0.1) is 12.2 Å². The van der Waals surface area contributed by atoms with E-state index in [9.17, 15) is 0 Å². The summed E-state index contributed by atoms with van der Waals surface area (Å²) in [5.41, 5.74) is 3.73. The van der Waals surface area contributed by atoms with Gasteiger partial charge in [-0.05, 0) is 31.4 Å². The molecule has 110 valence electrons. The zero-order valence-corrected chi connectivity index (χ0v) is 12.4. The Morgan fingerprint density at radius 1 is 1.33 bits per heavy atom. The number of benzene rings is 1. The van der Waals surface area contributed by atoms with Gasteiger partial charge < -0.3 is 10.1 Å². The maximum atomic E-state index is 5.99. The summed E-state index contributed by atoms with van der Waals surface area (Å²) in [6, 6.07) is 9.04. The van der Waals surface area contributed by atoms with E-state index in [-0.39, 0.29) is 6.10 Å². The van der Waals surface area contributed by atoms with E-state index in [1.54, 1.807) is 0 Å². The third kappa shape index (κ3) is 2.81. The van der Waals surface area contributed by atoms with Crippen molar-refractivity contribution in [1.29, 1.82) is 0 Å². The number of aryl methyl sites for hydroxylation is 1. The Balaban J connectivity index is 1.40. The highest BCUT2D eigenvalue weighted by atomic mass is 16.5. The average Bonchev–Trinajstić information content (AvgIpc) is 3.11. The summed E-state index contributed by atoms with van der Waals surface area (Å²) in [5, 5.41) is 8.18. The normalized spacial score (nSPS) is 20.3. The molecule has 1 aliphatic heterocycles. The molecule has 1 saturated carbocycles. The predicted octanol–water partition coefficient (Wildman–Crippen LogP) is 2.45. The summed E-state index contributed by atoms with van der Waals surface area (Å²) in [5.74, 6) is 1.03. The lowest BCUT2D eigenvalue weighted by Gasteiger charge is -2.10. The molecule has 0 bridgehead atoms. The summed E-state index contributed by atoms with van der Waals surface area (Å²) in [7, 11) is 0. The van der Waals surface area contributed by atoms with Crippen molar-refractivity contribution < 1.29 is 4.74 Å². The van der Waals surface area contributed by atoms with Crippen LogP contribution in [-0.2, 0) is 19.5 Å². The molecule has 0 saturated heterocycles. The highest BCUT2D eigenvalue weighted by Gasteiger charge is 2.24. The van der Waals surface area contributed by atoms with Gasteiger partial charge in [-0.15, -0.1) is 0 Å². The van der Waals surface area contributed by atoms with Crippen LogP contribution in [0.2, 0.25) is 0 Å². The summed E-state index contributed by atoms with van der Waals surface area (Å²) in [6.45, 7) is 3.84. The van der Waals surface area contributed by atoms with Gasteiger partial charge in [-0.1, -0.05) is 18.2 Å². The van der Waals surface area contributed by atoms with Gasteiger partial charge >= 0.3 is 0 Å². The van der Waals surface area contributed by atoms with Crippen molar-refractivity contribution >= 4 is 0 Å². The Hall–Kier alpha value is -1.81. The second kappa shape index (κ2) is 5.19. The number of fused-ring (bicyclic) bond motifs is 1. The molecule has 2 aromatic rings. The molecule has 1 aliphatic carbocycles. The molecule has 1 N–H and O–H groups in total. The molecule has 0 amide bonds. The fraction of sp³-hybridized carbons (Fsp3) is 0.471. The fourth-order valence-electron chi connectivity index (χ4n) is 2.93. The molecule has 4 heteroatoms. The van der Waals surface area contributed by atoms with Gasteiger partial charge in [-0.2, -0.15) is 5.10 Å². The van der Waals surface area contributed by atoms with E-state index in [0.717, 1.165) is 37.0 Å². The average molecular weight is 283 g/mol. The van der Waals surface area contributed by atoms with Crippen LogP contribution < -0.4 is 10.1 Å². The van der Waals surface area contributed by atoms with Crippen molar-refractivity contribution in [1.82, 2.24) is 15.1 Å². The van der Waals surface area contributed by atoms with Crippen LogP contribution in [0, 0.1) is 6.92 Å². The monoisotopic (exact) mass is 283 g/mol. The second-order valence-electron chi connectivity index (χ2n) is 6.17. The van der Waals surface area contributed by atoms with Crippen LogP contribution in [-0.4, -0.2) is 21.9 Å². The smallest absolute Gasteiger partial charge is 0.123 e. The second-order valence-corrected chi connectivity index (χ2v) is 6.17. The van der Waals surface area contributed by atoms with Crippen molar-refractivity contribution in [2.75, 3.05) is 0 Å². The molecule has 1 fully saturated rings. The van der Waals surface area contributed by atoms with Crippen LogP contribution in [0.25, 0.3) is 0 Å². The van der Waals surface area contributed by atoms with Crippen LogP contribution in [0.5, 0.6) is 5.75 Å². The molecule has 2 aliphatic rings. The third-order valence-corrected chi connectivity index (χ3v) is 4.31. The van der Waals surface area contributed by atoms with E-state index < -0.39 is 0 Å². The first-order chi connectivity index (χ1) is 10.3. The van der Waals surface area contributed by atoms with Crippen LogP contribution >= 0.6 is 0 Å². The molecule has 1 atom stereocenters. The molecule has 1 aromatic carbocycles. The molecule has 0 spiro atoms. The zero-order chi connectivity index (χ0) is 14.2. The summed E-state index contributed by atoms with van der Waals surface area (Å²) < 4.78 is 8.03. The topological polar surface area (TPSA) is 39.1 Å². The molecule has 1 unspecified atom stereocenters. The molecule has 21 heavy (non-hydrogen) atoms. The Morgan fingerprint density at radius 2 is 2.19 bits per heavy atom. The SMILES string of the molecule is Cc1nn(CC2Cc3ccccc3O2)cc1CNC1CC1. The molecule has 2 heterocycles. The lowest BCUT2D eigenvalue weighted by atomic mass is 10.1. The molecule has 1 aromatic heterocycles. The van der Waals surface area contributed by atoms with Crippen molar-refractivity contribution in [3.63, 3.8) is 0 Å². The number of hydrogen-bond acceptors (Lipinski definition) is 3. The molecule has 0 radical (unpaired) electrons. The summed E-state index contributed by atoms with van der Waals surface area (Å²) in [6.07, 6.45) is 5.98. The van der Waals surface area contributed by atoms with E-state index in [0.29, 0.717) is 0 Å². The van der Waals surface area contributed by atoms with Crippen molar-refractivity contribution in [3.05, 3.63) is 47.3 Å². The minimum Gasteiger partial charge on any atom is -0.488 e. The lowest BCUT2D eigenvalue weighted by molar-refractivity contribution is 0.203. The highest BCUT2D eigenvalue weighted by Crippen LogP contribution is 2.28. The van der Waals surface area contributed by atoms with Crippen LogP contribution in [0.3, 0.4) is 0 Å². The Morgan fingerprint density at radius 3 is 3.00 bits per heavy atom. The van der Waals surface area contributed by atoms with Crippen LogP contribution in [0.15, 0.2) is 30.5 Å². The predicted molar refractivity (Wildman–Crippen MR) is 81.4 cm³/mol. The van der Waals surface area contributed by atoms with Gasteiger partial charge in [0.15, 0.2) is 0 Å². The lowest BCUT2D eigenvalue weighted by Crippen LogP contribution is -2.21. The van der Waals surface area contributed by atoms with Gasteiger partial charge in [-0.25, -0.2) is 0 Å². The first kappa shape index (κ1) is 12.9. The zero-order valence-electron chi connectivity index (χ0n) is 12.4. The number of para-hydroxylation sites is 1. The number of rotatable bonds is 5. The Labute approximate surface area is 125 Å².